The Hall–Kier alpha value is -2.49. The fourth-order valence-corrected chi connectivity index (χ4v) is 6.56. The number of alkyl halides is 3. The highest BCUT2D eigenvalue weighted by atomic mass is 35.5. The monoisotopic (exact) mass is 536 g/mol. The maximum Gasteiger partial charge on any atom is 0.418 e. The smallest absolute Gasteiger partial charge is 0.418 e. The van der Waals surface area contributed by atoms with Gasteiger partial charge in [0.15, 0.2) is 5.16 Å². The molecule has 2 aromatic heterocycles. The molecule has 182 valence electrons. The topological polar surface area (TPSA) is 44.1 Å². The Kier molecular flexibility index (Phi) is 6.83. The standard InChI is InChI=1S/C25H20ClF3N2O2S2/c26-15-6-5-7-16(14-15)33-12-13-34-24-30-22-21(17-8-1-4-11-20(17)35-22)23(32)31(24)19-10-3-2-9-18(19)25(27,28)29/h2-3,5-7,9-10,14H,1,4,8,11-13H2. The first kappa shape index (κ1) is 24.2. The lowest BCUT2D eigenvalue weighted by Crippen LogP contribution is -2.25. The maximum atomic E-state index is 13.9. The second kappa shape index (κ2) is 9.87. The molecule has 0 spiro atoms. The highest BCUT2D eigenvalue weighted by Gasteiger charge is 2.35. The van der Waals surface area contributed by atoms with E-state index in [0.29, 0.717) is 26.7 Å². The molecule has 0 radical (unpaired) electrons. The predicted molar refractivity (Wildman–Crippen MR) is 135 cm³/mol. The number of benzene rings is 2. The van der Waals surface area contributed by atoms with Crippen LogP contribution in [0.5, 0.6) is 5.75 Å². The van der Waals surface area contributed by atoms with Crippen molar-refractivity contribution in [2.24, 2.45) is 0 Å². The van der Waals surface area contributed by atoms with Crippen molar-refractivity contribution >= 4 is 44.9 Å². The molecule has 0 unspecified atom stereocenters. The van der Waals surface area contributed by atoms with Gasteiger partial charge in [-0.2, -0.15) is 13.2 Å². The van der Waals surface area contributed by atoms with Crippen LogP contribution in [0.25, 0.3) is 15.9 Å². The van der Waals surface area contributed by atoms with Gasteiger partial charge in [0.05, 0.1) is 23.2 Å². The molecule has 2 aromatic carbocycles. The molecule has 0 bridgehead atoms. The van der Waals surface area contributed by atoms with Crippen LogP contribution < -0.4 is 10.3 Å². The molecular formula is C25H20ClF3N2O2S2. The van der Waals surface area contributed by atoms with Crippen molar-refractivity contribution < 1.29 is 17.9 Å². The number of nitrogens with zero attached hydrogens (tertiary/aromatic N) is 2. The van der Waals surface area contributed by atoms with Gasteiger partial charge in [0.1, 0.15) is 10.6 Å². The SMILES string of the molecule is O=c1c2c3c(sc2nc(SCCOc2cccc(Cl)c2)n1-c1ccccc1C(F)(F)F)CCCC3. The summed E-state index contributed by atoms with van der Waals surface area (Å²) in [6.45, 7) is 0.265. The number of ether oxygens (including phenoxy) is 1. The van der Waals surface area contributed by atoms with Crippen molar-refractivity contribution in [2.45, 2.75) is 37.0 Å². The third-order valence-corrected chi connectivity index (χ3v) is 8.11. The molecule has 0 atom stereocenters. The molecule has 1 aliphatic rings. The summed E-state index contributed by atoms with van der Waals surface area (Å²) in [7, 11) is 0. The number of hydrogen-bond donors (Lipinski definition) is 0. The molecule has 35 heavy (non-hydrogen) atoms. The Labute approximate surface area is 212 Å². The predicted octanol–water partition coefficient (Wildman–Crippen LogP) is 7.17. The maximum absolute atomic E-state index is 13.9. The molecule has 0 amide bonds. The van der Waals surface area contributed by atoms with Crippen molar-refractivity contribution in [1.29, 1.82) is 0 Å². The molecule has 0 N–H and O–H groups in total. The van der Waals surface area contributed by atoms with E-state index in [9.17, 15) is 18.0 Å². The van der Waals surface area contributed by atoms with Crippen LogP contribution >= 0.6 is 34.7 Å². The minimum Gasteiger partial charge on any atom is -0.493 e. The normalized spacial score (nSPS) is 13.7. The Balaban J connectivity index is 1.57. The molecule has 5 rings (SSSR count). The summed E-state index contributed by atoms with van der Waals surface area (Å²) in [4.78, 5) is 20.1. The molecule has 4 aromatic rings. The van der Waals surface area contributed by atoms with E-state index in [1.54, 1.807) is 24.3 Å². The van der Waals surface area contributed by atoms with E-state index in [-0.39, 0.29) is 17.5 Å². The van der Waals surface area contributed by atoms with E-state index in [1.807, 2.05) is 0 Å². The van der Waals surface area contributed by atoms with Crippen LogP contribution in [-0.2, 0) is 19.0 Å². The Morgan fingerprint density at radius 1 is 1.11 bits per heavy atom. The second-order valence-electron chi connectivity index (χ2n) is 8.10. The number of rotatable bonds is 6. The quantitative estimate of drug-likeness (QED) is 0.149. The van der Waals surface area contributed by atoms with Crippen molar-refractivity contribution in [3.63, 3.8) is 0 Å². The Morgan fingerprint density at radius 2 is 1.91 bits per heavy atom. The van der Waals surface area contributed by atoms with Gasteiger partial charge in [-0.25, -0.2) is 4.98 Å². The summed E-state index contributed by atoms with van der Waals surface area (Å²) in [6.07, 6.45) is -1.02. The Bertz CT molecular complexity index is 1450. The van der Waals surface area contributed by atoms with E-state index in [4.69, 9.17) is 21.3 Å². The van der Waals surface area contributed by atoms with Gasteiger partial charge in [-0.1, -0.05) is 41.6 Å². The number of halogens is 4. The van der Waals surface area contributed by atoms with Crippen LogP contribution in [0.3, 0.4) is 0 Å². The summed E-state index contributed by atoms with van der Waals surface area (Å²) in [5, 5.41) is 1.20. The van der Waals surface area contributed by atoms with E-state index in [0.717, 1.165) is 46.8 Å². The van der Waals surface area contributed by atoms with E-state index in [2.05, 4.69) is 0 Å². The summed E-state index contributed by atoms with van der Waals surface area (Å²) in [5.41, 5.74) is -0.602. The summed E-state index contributed by atoms with van der Waals surface area (Å²) >= 11 is 8.65. The van der Waals surface area contributed by atoms with Gasteiger partial charge in [0.2, 0.25) is 0 Å². The van der Waals surface area contributed by atoms with Gasteiger partial charge >= 0.3 is 6.18 Å². The first-order valence-electron chi connectivity index (χ1n) is 11.1. The third kappa shape index (κ3) is 4.94. The van der Waals surface area contributed by atoms with E-state index < -0.39 is 17.3 Å². The van der Waals surface area contributed by atoms with Gasteiger partial charge < -0.3 is 4.74 Å². The van der Waals surface area contributed by atoms with Crippen LogP contribution in [0.4, 0.5) is 13.2 Å². The van der Waals surface area contributed by atoms with Crippen LogP contribution in [-0.4, -0.2) is 21.9 Å². The first-order chi connectivity index (χ1) is 16.8. The molecule has 0 saturated heterocycles. The minimum absolute atomic E-state index is 0.214. The van der Waals surface area contributed by atoms with Crippen LogP contribution in [0.15, 0.2) is 58.5 Å². The zero-order valence-electron chi connectivity index (χ0n) is 18.4. The number of aryl methyl sites for hydroxylation is 2. The lowest BCUT2D eigenvalue weighted by molar-refractivity contribution is -0.137. The van der Waals surface area contributed by atoms with Crippen molar-refractivity contribution in [1.82, 2.24) is 9.55 Å². The summed E-state index contributed by atoms with van der Waals surface area (Å²) in [6, 6.07) is 12.1. The number of thioether (sulfide) groups is 1. The first-order valence-corrected chi connectivity index (χ1v) is 13.3. The average molecular weight is 537 g/mol. The Morgan fingerprint density at radius 3 is 2.71 bits per heavy atom. The number of aromatic nitrogens is 2. The average Bonchev–Trinajstić information content (AvgIpc) is 3.20. The lowest BCUT2D eigenvalue weighted by Gasteiger charge is -2.18. The van der Waals surface area contributed by atoms with Crippen LogP contribution in [0, 0.1) is 0 Å². The van der Waals surface area contributed by atoms with Crippen LogP contribution in [0.2, 0.25) is 5.02 Å². The number of para-hydroxylation sites is 1. The van der Waals surface area contributed by atoms with Crippen molar-refractivity contribution in [3.8, 4) is 11.4 Å². The lowest BCUT2D eigenvalue weighted by atomic mass is 9.97. The van der Waals surface area contributed by atoms with Crippen molar-refractivity contribution in [3.05, 3.63) is 79.9 Å². The summed E-state index contributed by atoms with van der Waals surface area (Å²) in [5.74, 6) is 0.969. The molecular weight excluding hydrogens is 517 g/mol. The zero-order chi connectivity index (χ0) is 24.6. The molecule has 0 aliphatic heterocycles. The van der Waals surface area contributed by atoms with Crippen LogP contribution in [0.1, 0.15) is 28.8 Å². The molecule has 0 saturated carbocycles. The highest BCUT2D eigenvalue weighted by molar-refractivity contribution is 7.99. The van der Waals surface area contributed by atoms with Gasteiger partial charge in [-0.05, 0) is 61.6 Å². The molecule has 4 nitrogen and oxygen atoms in total. The minimum atomic E-state index is -4.61. The van der Waals surface area contributed by atoms with Crippen molar-refractivity contribution in [2.75, 3.05) is 12.4 Å². The molecule has 10 heteroatoms. The number of fused-ring (bicyclic) bond motifs is 3. The third-order valence-electron chi connectivity index (χ3n) is 5.79. The summed E-state index contributed by atoms with van der Waals surface area (Å²) < 4.78 is 48.5. The van der Waals surface area contributed by atoms with Gasteiger partial charge in [-0.15, -0.1) is 11.3 Å². The molecule has 1 aliphatic carbocycles. The van der Waals surface area contributed by atoms with Gasteiger partial charge in [0.25, 0.3) is 5.56 Å². The van der Waals surface area contributed by atoms with E-state index in [1.165, 1.54) is 41.3 Å². The van der Waals surface area contributed by atoms with Gasteiger partial charge in [-0.3, -0.25) is 9.36 Å². The fraction of sp³-hybridized carbons (Fsp3) is 0.280. The second-order valence-corrected chi connectivity index (χ2v) is 10.7. The molecule has 2 heterocycles. The number of thiophene rings is 1. The largest absolute Gasteiger partial charge is 0.493 e. The van der Waals surface area contributed by atoms with E-state index >= 15 is 0 Å². The fourth-order valence-electron chi connectivity index (χ4n) is 4.25. The van der Waals surface area contributed by atoms with Gasteiger partial charge in [0, 0.05) is 15.7 Å². The zero-order valence-corrected chi connectivity index (χ0v) is 20.8. The highest BCUT2D eigenvalue weighted by Crippen LogP contribution is 2.38. The molecule has 0 fully saturated rings. The number of hydrogen-bond acceptors (Lipinski definition) is 5.